The maximum Gasteiger partial charge on any atom is 0.149 e. The quantitative estimate of drug-likeness (QED) is 0.720. The van der Waals surface area contributed by atoms with Crippen LogP contribution in [0.25, 0.3) is 0 Å². The van der Waals surface area contributed by atoms with E-state index in [1.807, 2.05) is 13.0 Å². The summed E-state index contributed by atoms with van der Waals surface area (Å²) in [5.41, 5.74) is 0.965. The second-order valence-electron chi connectivity index (χ2n) is 2.25. The number of rotatable bonds is 2. The summed E-state index contributed by atoms with van der Waals surface area (Å²) in [4.78, 5) is 4.59. The van der Waals surface area contributed by atoms with Crippen molar-refractivity contribution in [1.29, 1.82) is 0 Å². The SMILES string of the molecule is COc1ccc(ON)c(C)c1.Cl. The first-order valence-electron chi connectivity index (χ1n) is 3.29. The molecule has 0 aliphatic carbocycles. The first kappa shape index (κ1) is 11.1. The molecule has 0 bridgehead atoms. The van der Waals surface area contributed by atoms with Gasteiger partial charge in [0.1, 0.15) is 11.5 Å². The fraction of sp³-hybridized carbons (Fsp3) is 0.250. The Bertz CT molecular complexity index is 253. The topological polar surface area (TPSA) is 44.5 Å². The summed E-state index contributed by atoms with van der Waals surface area (Å²) in [5.74, 6) is 6.48. The zero-order valence-corrected chi connectivity index (χ0v) is 7.85. The monoisotopic (exact) mass is 189 g/mol. The lowest BCUT2D eigenvalue weighted by atomic mass is 10.2. The number of hydrogen-bond acceptors (Lipinski definition) is 3. The molecule has 0 radical (unpaired) electrons. The van der Waals surface area contributed by atoms with E-state index in [0.717, 1.165) is 11.3 Å². The number of methoxy groups -OCH3 is 1. The van der Waals surface area contributed by atoms with Crippen LogP contribution in [-0.2, 0) is 0 Å². The number of benzene rings is 1. The van der Waals surface area contributed by atoms with Gasteiger partial charge in [-0.05, 0) is 30.7 Å². The van der Waals surface area contributed by atoms with Crippen molar-refractivity contribution in [2.45, 2.75) is 6.92 Å². The van der Waals surface area contributed by atoms with Crippen molar-refractivity contribution in [3.8, 4) is 11.5 Å². The van der Waals surface area contributed by atoms with Gasteiger partial charge in [-0.3, -0.25) is 0 Å². The van der Waals surface area contributed by atoms with Crippen molar-refractivity contribution < 1.29 is 9.57 Å². The van der Waals surface area contributed by atoms with Crippen LogP contribution in [0.2, 0.25) is 0 Å². The van der Waals surface area contributed by atoms with Crippen LogP contribution in [0.4, 0.5) is 0 Å². The van der Waals surface area contributed by atoms with Crippen molar-refractivity contribution in [3.05, 3.63) is 23.8 Å². The lowest BCUT2D eigenvalue weighted by molar-refractivity contribution is 0.331. The van der Waals surface area contributed by atoms with Gasteiger partial charge in [-0.1, -0.05) is 0 Å². The summed E-state index contributed by atoms with van der Waals surface area (Å²) in [6.07, 6.45) is 0. The van der Waals surface area contributed by atoms with Crippen LogP contribution in [0.15, 0.2) is 18.2 Å². The molecule has 0 unspecified atom stereocenters. The summed E-state index contributed by atoms with van der Waals surface area (Å²) in [5, 5.41) is 0. The van der Waals surface area contributed by atoms with Gasteiger partial charge in [0.2, 0.25) is 0 Å². The lowest BCUT2D eigenvalue weighted by Gasteiger charge is -2.04. The molecule has 4 heteroatoms. The van der Waals surface area contributed by atoms with E-state index in [4.69, 9.17) is 10.6 Å². The molecular formula is C8H12ClNO2. The van der Waals surface area contributed by atoms with Gasteiger partial charge in [0, 0.05) is 0 Å². The molecule has 1 aromatic carbocycles. The highest BCUT2D eigenvalue weighted by Crippen LogP contribution is 2.21. The molecule has 0 saturated heterocycles. The highest BCUT2D eigenvalue weighted by molar-refractivity contribution is 5.85. The summed E-state index contributed by atoms with van der Waals surface area (Å²) in [7, 11) is 1.62. The van der Waals surface area contributed by atoms with Crippen molar-refractivity contribution >= 4 is 12.4 Å². The molecule has 0 aliphatic rings. The van der Waals surface area contributed by atoms with Crippen molar-refractivity contribution in [2.24, 2.45) is 5.90 Å². The van der Waals surface area contributed by atoms with Gasteiger partial charge in [-0.2, -0.15) is 5.90 Å². The Kier molecular flexibility index (Phi) is 4.47. The molecule has 1 aromatic rings. The van der Waals surface area contributed by atoms with E-state index in [2.05, 4.69) is 4.84 Å². The summed E-state index contributed by atoms with van der Waals surface area (Å²) >= 11 is 0. The average molecular weight is 190 g/mol. The molecule has 68 valence electrons. The smallest absolute Gasteiger partial charge is 0.149 e. The average Bonchev–Trinajstić information content (AvgIpc) is 2.04. The largest absolute Gasteiger partial charge is 0.497 e. The Morgan fingerprint density at radius 3 is 2.42 bits per heavy atom. The number of halogens is 1. The highest BCUT2D eigenvalue weighted by atomic mass is 35.5. The molecule has 1 rings (SSSR count). The highest BCUT2D eigenvalue weighted by Gasteiger charge is 1.98. The predicted octanol–water partition coefficient (Wildman–Crippen LogP) is 1.68. The van der Waals surface area contributed by atoms with Crippen molar-refractivity contribution in [2.75, 3.05) is 7.11 Å². The van der Waals surface area contributed by atoms with Gasteiger partial charge in [-0.15, -0.1) is 12.4 Å². The Morgan fingerprint density at radius 2 is 2.00 bits per heavy atom. The van der Waals surface area contributed by atoms with Crippen LogP contribution in [0.3, 0.4) is 0 Å². The molecule has 0 fully saturated rings. The standard InChI is InChI=1S/C8H11NO2.ClH/c1-6-5-7(10-2)3-4-8(6)11-9;/h3-5H,9H2,1-2H3;1H. The van der Waals surface area contributed by atoms with E-state index in [9.17, 15) is 0 Å². The van der Waals surface area contributed by atoms with Gasteiger partial charge in [0.15, 0.2) is 0 Å². The van der Waals surface area contributed by atoms with Gasteiger partial charge in [-0.25, -0.2) is 0 Å². The van der Waals surface area contributed by atoms with Crippen molar-refractivity contribution in [3.63, 3.8) is 0 Å². The third-order valence-electron chi connectivity index (χ3n) is 1.51. The molecule has 0 aromatic heterocycles. The Labute approximate surface area is 77.8 Å². The number of aryl methyl sites for hydroxylation is 1. The van der Waals surface area contributed by atoms with E-state index in [1.165, 1.54) is 0 Å². The van der Waals surface area contributed by atoms with Crippen LogP contribution in [0.1, 0.15) is 5.56 Å². The van der Waals surface area contributed by atoms with E-state index >= 15 is 0 Å². The van der Waals surface area contributed by atoms with Gasteiger partial charge < -0.3 is 9.57 Å². The predicted molar refractivity (Wildman–Crippen MR) is 49.8 cm³/mol. The molecule has 0 amide bonds. The van der Waals surface area contributed by atoms with Crippen LogP contribution in [0, 0.1) is 6.92 Å². The van der Waals surface area contributed by atoms with Gasteiger partial charge in [0.25, 0.3) is 0 Å². The van der Waals surface area contributed by atoms with Crippen LogP contribution >= 0.6 is 12.4 Å². The van der Waals surface area contributed by atoms with Crippen LogP contribution in [0.5, 0.6) is 11.5 Å². The molecule has 0 saturated carbocycles. The lowest BCUT2D eigenvalue weighted by Crippen LogP contribution is -2.03. The molecule has 0 aliphatic heterocycles. The Hall–Kier alpha value is -0.930. The maximum atomic E-state index is 5.00. The minimum Gasteiger partial charge on any atom is -0.497 e. The number of ether oxygens (including phenoxy) is 1. The van der Waals surface area contributed by atoms with Gasteiger partial charge in [0.05, 0.1) is 7.11 Å². The normalized spacial score (nSPS) is 8.58. The van der Waals surface area contributed by atoms with E-state index in [1.54, 1.807) is 19.2 Å². The zero-order chi connectivity index (χ0) is 8.27. The Morgan fingerprint density at radius 1 is 1.33 bits per heavy atom. The number of nitrogens with two attached hydrogens (primary N) is 1. The Balaban J connectivity index is 0.00000121. The first-order chi connectivity index (χ1) is 5.27. The maximum absolute atomic E-state index is 5.00. The molecule has 12 heavy (non-hydrogen) atoms. The first-order valence-corrected chi connectivity index (χ1v) is 3.29. The molecule has 0 heterocycles. The van der Waals surface area contributed by atoms with Crippen molar-refractivity contribution in [1.82, 2.24) is 0 Å². The molecular weight excluding hydrogens is 178 g/mol. The zero-order valence-electron chi connectivity index (χ0n) is 7.03. The minimum atomic E-state index is 0. The summed E-state index contributed by atoms with van der Waals surface area (Å²) in [6.45, 7) is 1.91. The second kappa shape index (κ2) is 4.85. The minimum absolute atomic E-state index is 0. The fourth-order valence-electron chi connectivity index (χ4n) is 0.881. The van der Waals surface area contributed by atoms with E-state index in [0.29, 0.717) is 5.75 Å². The van der Waals surface area contributed by atoms with Crippen LogP contribution in [-0.4, -0.2) is 7.11 Å². The summed E-state index contributed by atoms with van der Waals surface area (Å²) in [6, 6.07) is 5.44. The number of hydrogen-bond donors (Lipinski definition) is 1. The second-order valence-corrected chi connectivity index (χ2v) is 2.25. The summed E-state index contributed by atoms with van der Waals surface area (Å²) < 4.78 is 5.00. The molecule has 2 N–H and O–H groups in total. The molecule has 0 spiro atoms. The molecule has 0 atom stereocenters. The van der Waals surface area contributed by atoms with E-state index in [-0.39, 0.29) is 12.4 Å². The van der Waals surface area contributed by atoms with Gasteiger partial charge >= 0.3 is 0 Å². The fourth-order valence-corrected chi connectivity index (χ4v) is 0.881. The third kappa shape index (κ3) is 2.29. The van der Waals surface area contributed by atoms with Crippen LogP contribution < -0.4 is 15.5 Å². The third-order valence-corrected chi connectivity index (χ3v) is 1.51. The molecule has 3 nitrogen and oxygen atoms in total. The van der Waals surface area contributed by atoms with E-state index < -0.39 is 0 Å².